The maximum absolute atomic E-state index is 4.53. The first-order valence-electron chi connectivity index (χ1n) is 7.12. The summed E-state index contributed by atoms with van der Waals surface area (Å²) < 4.78 is 0. The van der Waals surface area contributed by atoms with Crippen LogP contribution in [-0.4, -0.2) is 29.3 Å². The van der Waals surface area contributed by atoms with Gasteiger partial charge in [-0.15, -0.1) is 0 Å². The minimum Gasteiger partial charge on any atom is -0.370 e. The van der Waals surface area contributed by atoms with Gasteiger partial charge in [0, 0.05) is 19.2 Å². The minimum absolute atomic E-state index is 0.539. The summed E-state index contributed by atoms with van der Waals surface area (Å²) in [5, 5.41) is 7.58. The molecule has 0 spiro atoms. The van der Waals surface area contributed by atoms with Crippen LogP contribution in [0.1, 0.15) is 39.5 Å². The van der Waals surface area contributed by atoms with Crippen LogP contribution in [0.25, 0.3) is 0 Å². The van der Waals surface area contributed by atoms with E-state index in [0.717, 1.165) is 29.9 Å². The van der Waals surface area contributed by atoms with E-state index in [2.05, 4.69) is 34.4 Å². The molecule has 0 atom stereocenters. The second kappa shape index (κ2) is 6.46. The molecule has 0 saturated heterocycles. The molecule has 1 heterocycles. The van der Waals surface area contributed by atoms with E-state index in [1.807, 2.05) is 12.3 Å². The number of anilines is 2. The van der Waals surface area contributed by atoms with Crippen molar-refractivity contribution in [1.29, 1.82) is 0 Å². The van der Waals surface area contributed by atoms with Crippen molar-refractivity contribution >= 4 is 23.4 Å². The van der Waals surface area contributed by atoms with Gasteiger partial charge in [0.05, 0.1) is 0 Å². The molecule has 1 aromatic rings. The van der Waals surface area contributed by atoms with Crippen molar-refractivity contribution in [1.82, 2.24) is 9.97 Å². The van der Waals surface area contributed by atoms with Gasteiger partial charge in [-0.1, -0.05) is 25.1 Å². The molecular formula is C14H24N4S. The van der Waals surface area contributed by atoms with Crippen LogP contribution in [0.2, 0.25) is 0 Å². The Balaban J connectivity index is 2.00. The van der Waals surface area contributed by atoms with Gasteiger partial charge in [0.25, 0.3) is 0 Å². The molecule has 0 aliphatic heterocycles. The lowest BCUT2D eigenvalue weighted by Gasteiger charge is -2.16. The average molecular weight is 280 g/mol. The summed E-state index contributed by atoms with van der Waals surface area (Å²) in [6.07, 6.45) is 7.31. The lowest BCUT2D eigenvalue weighted by molar-refractivity contribution is 0.485. The van der Waals surface area contributed by atoms with Crippen LogP contribution in [0.4, 0.5) is 11.6 Å². The Labute approximate surface area is 120 Å². The molecule has 1 fully saturated rings. The van der Waals surface area contributed by atoms with Crippen LogP contribution in [0.3, 0.4) is 0 Å². The standard InChI is InChI=1S/C14H24N4S/c1-4-6-14(7-8-14)10-16-12-9-11(15-5-2)17-13(18-12)19-3/h9H,4-8,10H2,1-3H3,(H2,15,16,17,18). The van der Waals surface area contributed by atoms with Crippen LogP contribution in [0.5, 0.6) is 0 Å². The first-order chi connectivity index (χ1) is 9.21. The molecule has 0 radical (unpaired) electrons. The topological polar surface area (TPSA) is 49.8 Å². The lowest BCUT2D eigenvalue weighted by atomic mass is 10.0. The largest absolute Gasteiger partial charge is 0.370 e. The highest BCUT2D eigenvalue weighted by molar-refractivity contribution is 7.98. The van der Waals surface area contributed by atoms with Gasteiger partial charge < -0.3 is 10.6 Å². The summed E-state index contributed by atoms with van der Waals surface area (Å²) in [4.78, 5) is 8.96. The number of aromatic nitrogens is 2. The van der Waals surface area contributed by atoms with Crippen LogP contribution >= 0.6 is 11.8 Å². The fraction of sp³-hybridized carbons (Fsp3) is 0.714. The highest BCUT2D eigenvalue weighted by Crippen LogP contribution is 2.49. The number of nitrogens with one attached hydrogen (secondary N) is 2. The molecule has 19 heavy (non-hydrogen) atoms. The summed E-state index contributed by atoms with van der Waals surface area (Å²) in [7, 11) is 0. The molecule has 4 nitrogen and oxygen atoms in total. The normalized spacial score (nSPS) is 16.2. The van der Waals surface area contributed by atoms with Gasteiger partial charge >= 0.3 is 0 Å². The third kappa shape index (κ3) is 4.00. The van der Waals surface area contributed by atoms with E-state index in [1.54, 1.807) is 11.8 Å². The molecule has 0 amide bonds. The molecule has 0 bridgehead atoms. The van der Waals surface area contributed by atoms with Gasteiger partial charge in [-0.3, -0.25) is 0 Å². The van der Waals surface area contributed by atoms with Gasteiger partial charge in [0.1, 0.15) is 11.6 Å². The molecule has 0 aromatic carbocycles. The number of rotatable bonds is 8. The van der Waals surface area contributed by atoms with E-state index in [4.69, 9.17) is 0 Å². The number of nitrogens with zero attached hydrogens (tertiary/aromatic N) is 2. The smallest absolute Gasteiger partial charge is 0.191 e. The Kier molecular flexibility index (Phi) is 4.91. The van der Waals surface area contributed by atoms with Crippen LogP contribution < -0.4 is 10.6 Å². The maximum atomic E-state index is 4.53. The highest BCUT2D eigenvalue weighted by Gasteiger charge is 2.41. The molecule has 1 aromatic heterocycles. The molecular weight excluding hydrogens is 256 g/mol. The van der Waals surface area contributed by atoms with Gasteiger partial charge in [-0.25, -0.2) is 9.97 Å². The Morgan fingerprint density at radius 1 is 1.21 bits per heavy atom. The van der Waals surface area contributed by atoms with Crippen LogP contribution in [0, 0.1) is 5.41 Å². The predicted octanol–water partition coefficient (Wildman–Crippen LogP) is 3.62. The first kappa shape index (κ1) is 14.4. The summed E-state index contributed by atoms with van der Waals surface area (Å²) in [6, 6.07) is 2.01. The molecule has 1 aliphatic carbocycles. The van der Waals surface area contributed by atoms with Crippen molar-refractivity contribution in [3.8, 4) is 0 Å². The molecule has 1 saturated carbocycles. The van der Waals surface area contributed by atoms with E-state index in [0.29, 0.717) is 5.41 Å². The molecule has 0 unspecified atom stereocenters. The Morgan fingerprint density at radius 2 is 1.89 bits per heavy atom. The molecule has 1 aliphatic rings. The van der Waals surface area contributed by atoms with Gasteiger partial charge in [-0.05, 0) is 37.9 Å². The van der Waals surface area contributed by atoms with E-state index in [9.17, 15) is 0 Å². The summed E-state index contributed by atoms with van der Waals surface area (Å²) in [6.45, 7) is 6.26. The zero-order chi connectivity index (χ0) is 13.7. The second-order valence-electron chi connectivity index (χ2n) is 5.26. The molecule has 2 rings (SSSR count). The van der Waals surface area contributed by atoms with Gasteiger partial charge in [0.2, 0.25) is 0 Å². The monoisotopic (exact) mass is 280 g/mol. The Morgan fingerprint density at radius 3 is 2.42 bits per heavy atom. The third-order valence-electron chi connectivity index (χ3n) is 3.63. The van der Waals surface area contributed by atoms with Gasteiger partial charge in [-0.2, -0.15) is 0 Å². The third-order valence-corrected chi connectivity index (χ3v) is 4.18. The van der Waals surface area contributed by atoms with E-state index < -0.39 is 0 Å². The Bertz CT molecular complexity index is 418. The maximum Gasteiger partial charge on any atom is 0.191 e. The van der Waals surface area contributed by atoms with E-state index in [-0.39, 0.29) is 0 Å². The highest BCUT2D eigenvalue weighted by atomic mass is 32.2. The minimum atomic E-state index is 0.539. The molecule has 106 valence electrons. The van der Waals surface area contributed by atoms with Crippen molar-refractivity contribution in [2.75, 3.05) is 30.0 Å². The van der Waals surface area contributed by atoms with Crippen molar-refractivity contribution < 1.29 is 0 Å². The Hall–Kier alpha value is -0.970. The fourth-order valence-electron chi connectivity index (χ4n) is 2.38. The zero-order valence-corrected chi connectivity index (χ0v) is 12.9. The quantitative estimate of drug-likeness (QED) is 0.562. The SMILES string of the molecule is CCCC1(CNc2cc(NCC)nc(SC)n2)CC1. The van der Waals surface area contributed by atoms with Crippen LogP contribution in [0.15, 0.2) is 11.2 Å². The summed E-state index contributed by atoms with van der Waals surface area (Å²) >= 11 is 1.58. The molecule has 5 heteroatoms. The number of thioether (sulfide) groups is 1. The molecule has 2 N–H and O–H groups in total. The number of hydrogen-bond acceptors (Lipinski definition) is 5. The van der Waals surface area contributed by atoms with Crippen molar-refractivity contribution in [3.05, 3.63) is 6.07 Å². The fourth-order valence-corrected chi connectivity index (χ4v) is 2.76. The summed E-state index contributed by atoms with van der Waals surface area (Å²) in [5.41, 5.74) is 0.539. The van der Waals surface area contributed by atoms with Crippen LogP contribution in [-0.2, 0) is 0 Å². The zero-order valence-electron chi connectivity index (χ0n) is 12.1. The van der Waals surface area contributed by atoms with E-state index >= 15 is 0 Å². The average Bonchev–Trinajstić information content (AvgIpc) is 3.17. The second-order valence-corrected chi connectivity index (χ2v) is 6.03. The number of hydrogen-bond donors (Lipinski definition) is 2. The lowest BCUT2D eigenvalue weighted by Crippen LogP contribution is -2.16. The van der Waals surface area contributed by atoms with Crippen molar-refractivity contribution in [2.45, 2.75) is 44.7 Å². The van der Waals surface area contributed by atoms with Crippen molar-refractivity contribution in [2.24, 2.45) is 5.41 Å². The van der Waals surface area contributed by atoms with Crippen molar-refractivity contribution in [3.63, 3.8) is 0 Å². The predicted molar refractivity (Wildman–Crippen MR) is 83.0 cm³/mol. The van der Waals surface area contributed by atoms with Gasteiger partial charge in [0.15, 0.2) is 5.16 Å². The first-order valence-corrected chi connectivity index (χ1v) is 8.34. The summed E-state index contributed by atoms with van der Waals surface area (Å²) in [5.74, 6) is 1.85. The van der Waals surface area contributed by atoms with E-state index in [1.165, 1.54) is 25.7 Å².